The molecule has 4 aromatic rings. The van der Waals surface area contributed by atoms with Crippen LogP contribution in [0.25, 0.3) is 22.3 Å². The quantitative estimate of drug-likeness (QED) is 0.297. The van der Waals surface area contributed by atoms with Gasteiger partial charge in [-0.15, -0.1) is 0 Å². The number of likely N-dealkylation sites (tertiary alicyclic amines) is 1. The number of aryl methyl sites for hydroxylation is 2. The summed E-state index contributed by atoms with van der Waals surface area (Å²) in [6, 6.07) is 10.4. The van der Waals surface area contributed by atoms with Gasteiger partial charge in [0, 0.05) is 43.1 Å². The van der Waals surface area contributed by atoms with Crippen molar-refractivity contribution in [2.45, 2.75) is 71.4 Å². The number of aromatic nitrogens is 5. The van der Waals surface area contributed by atoms with Gasteiger partial charge < -0.3 is 19.5 Å². The minimum absolute atomic E-state index is 0.203. The summed E-state index contributed by atoms with van der Waals surface area (Å²) >= 11 is 0. The molecule has 2 fully saturated rings. The molecule has 1 aliphatic carbocycles. The van der Waals surface area contributed by atoms with Gasteiger partial charge in [-0.05, 0) is 108 Å². The van der Waals surface area contributed by atoms with Gasteiger partial charge in [-0.2, -0.15) is 5.10 Å². The van der Waals surface area contributed by atoms with E-state index in [1.807, 2.05) is 26.1 Å². The second kappa shape index (κ2) is 12.2. The van der Waals surface area contributed by atoms with Crippen LogP contribution in [0.2, 0.25) is 0 Å². The molecule has 2 aliphatic heterocycles. The molecule has 7 rings (SSSR count). The van der Waals surface area contributed by atoms with Crippen LogP contribution in [0.1, 0.15) is 67.9 Å². The molecule has 0 radical (unpaired) electrons. The maximum atomic E-state index is 13.8. The molecule has 1 saturated carbocycles. The number of carbonyl (C=O) groups is 1. The first kappa shape index (κ1) is 28.8. The second-order valence-corrected chi connectivity index (χ2v) is 13.1. The lowest BCUT2D eigenvalue weighted by Gasteiger charge is -2.29. The third kappa shape index (κ3) is 6.18. The predicted octanol–water partition coefficient (Wildman–Crippen LogP) is 5.88. The fraction of sp³-hybridized carbons (Fsp3) is 0.529. The third-order valence-corrected chi connectivity index (χ3v) is 9.41. The molecule has 3 aliphatic rings. The van der Waals surface area contributed by atoms with Gasteiger partial charge in [0.15, 0.2) is 0 Å². The Labute approximate surface area is 259 Å². The summed E-state index contributed by atoms with van der Waals surface area (Å²) < 4.78 is 10.3. The van der Waals surface area contributed by atoms with Crippen molar-refractivity contribution in [2.75, 3.05) is 36.9 Å². The molecule has 1 aromatic carbocycles. The lowest BCUT2D eigenvalue weighted by molar-refractivity contribution is 0.102. The van der Waals surface area contributed by atoms with Crippen LogP contribution in [-0.2, 0) is 13.6 Å². The number of nitrogens with zero attached hydrogens (tertiary/aromatic N) is 6. The van der Waals surface area contributed by atoms with E-state index in [-0.39, 0.29) is 5.91 Å². The van der Waals surface area contributed by atoms with E-state index in [9.17, 15) is 4.79 Å². The summed E-state index contributed by atoms with van der Waals surface area (Å²) in [5, 5.41) is 11.3. The van der Waals surface area contributed by atoms with Crippen LogP contribution in [0.5, 0.6) is 5.88 Å². The number of hydrogen-bond acceptors (Lipinski definition) is 7. The third-order valence-electron chi connectivity index (χ3n) is 9.41. The Morgan fingerprint density at radius 3 is 2.70 bits per heavy atom. The number of pyridine rings is 1. The van der Waals surface area contributed by atoms with Gasteiger partial charge in [0.1, 0.15) is 0 Å². The molecule has 10 nitrogen and oxygen atoms in total. The lowest BCUT2D eigenvalue weighted by Crippen LogP contribution is -2.38. The predicted molar refractivity (Wildman–Crippen MR) is 173 cm³/mol. The summed E-state index contributed by atoms with van der Waals surface area (Å²) in [4.78, 5) is 26.1. The molecule has 2 atom stereocenters. The molecule has 2 bridgehead atoms. The van der Waals surface area contributed by atoms with E-state index in [0.717, 1.165) is 53.9 Å². The maximum Gasteiger partial charge on any atom is 0.258 e. The topological polar surface area (TPSA) is 102 Å². The number of nitrogens with one attached hydrogen (secondary N) is 2. The Bertz CT molecular complexity index is 1650. The van der Waals surface area contributed by atoms with Crippen molar-refractivity contribution in [3.05, 3.63) is 47.8 Å². The minimum Gasteiger partial charge on any atom is -0.477 e. The smallest absolute Gasteiger partial charge is 0.258 e. The number of piperidine rings is 1. The SMILES string of the molecule is Cc1cc2cc(n1)-c1cnn(C)c1OCCC[C@@H](C1CC1)Cn1c(nc3cc(N[C@H](C)CN4CCCCC4)ccc31)NC2=O. The zero-order valence-corrected chi connectivity index (χ0v) is 26.2. The lowest BCUT2D eigenvalue weighted by atomic mass is 9.97. The van der Waals surface area contributed by atoms with Crippen LogP contribution in [0.15, 0.2) is 36.5 Å². The number of carbonyl (C=O) groups excluding carboxylic acids is 1. The zero-order valence-electron chi connectivity index (χ0n) is 26.2. The average molecular weight is 597 g/mol. The number of benzene rings is 1. The largest absolute Gasteiger partial charge is 0.477 e. The normalized spacial score (nSPS) is 20.5. The van der Waals surface area contributed by atoms with Crippen molar-refractivity contribution in [1.82, 2.24) is 29.2 Å². The summed E-state index contributed by atoms with van der Waals surface area (Å²) in [7, 11) is 1.88. The molecule has 0 spiro atoms. The number of imidazole rings is 1. The summed E-state index contributed by atoms with van der Waals surface area (Å²) in [6.07, 6.45) is 10.2. The first-order chi connectivity index (χ1) is 21.4. The van der Waals surface area contributed by atoms with E-state index in [1.54, 1.807) is 10.9 Å². The fourth-order valence-corrected chi connectivity index (χ4v) is 7.04. The Balaban J connectivity index is 1.22. The number of hydrogen-bond donors (Lipinski definition) is 2. The molecule has 44 heavy (non-hydrogen) atoms. The van der Waals surface area contributed by atoms with Gasteiger partial charge >= 0.3 is 0 Å². The first-order valence-corrected chi connectivity index (χ1v) is 16.4. The summed E-state index contributed by atoms with van der Waals surface area (Å²) in [5.74, 6) is 2.25. The highest BCUT2D eigenvalue weighted by atomic mass is 16.5. The number of amides is 1. The number of fused-ring (bicyclic) bond motifs is 7. The maximum absolute atomic E-state index is 13.8. The zero-order chi connectivity index (χ0) is 30.2. The van der Waals surface area contributed by atoms with E-state index in [2.05, 4.69) is 50.3 Å². The fourth-order valence-electron chi connectivity index (χ4n) is 7.04. The van der Waals surface area contributed by atoms with Crippen molar-refractivity contribution < 1.29 is 9.53 Å². The number of anilines is 2. The van der Waals surface area contributed by atoms with Crippen molar-refractivity contribution in [3.63, 3.8) is 0 Å². The van der Waals surface area contributed by atoms with Gasteiger partial charge in [-0.3, -0.25) is 15.1 Å². The van der Waals surface area contributed by atoms with Gasteiger partial charge in [0.05, 0.1) is 35.1 Å². The molecule has 5 heterocycles. The van der Waals surface area contributed by atoms with Crippen LogP contribution in [0.3, 0.4) is 0 Å². The highest BCUT2D eigenvalue weighted by Crippen LogP contribution is 2.41. The van der Waals surface area contributed by atoms with E-state index >= 15 is 0 Å². The molecule has 2 N–H and O–H groups in total. The monoisotopic (exact) mass is 596 g/mol. The number of rotatable bonds is 5. The van der Waals surface area contributed by atoms with Gasteiger partial charge in [0.2, 0.25) is 11.8 Å². The van der Waals surface area contributed by atoms with Crippen LogP contribution in [0.4, 0.5) is 11.6 Å². The molecule has 232 valence electrons. The molecule has 3 aromatic heterocycles. The van der Waals surface area contributed by atoms with Crippen molar-refractivity contribution >= 4 is 28.6 Å². The van der Waals surface area contributed by atoms with Gasteiger partial charge in [-0.25, -0.2) is 9.67 Å². The van der Waals surface area contributed by atoms with E-state index in [1.165, 1.54) is 45.2 Å². The second-order valence-electron chi connectivity index (χ2n) is 13.1. The molecular weight excluding hydrogens is 552 g/mol. The average Bonchev–Trinajstić information content (AvgIpc) is 3.71. The van der Waals surface area contributed by atoms with Gasteiger partial charge in [-0.1, -0.05) is 6.42 Å². The van der Waals surface area contributed by atoms with Crippen LogP contribution >= 0.6 is 0 Å². The van der Waals surface area contributed by atoms with Crippen LogP contribution in [0, 0.1) is 18.8 Å². The van der Waals surface area contributed by atoms with E-state index < -0.39 is 0 Å². The molecule has 1 amide bonds. The van der Waals surface area contributed by atoms with Crippen LogP contribution in [-0.4, -0.2) is 67.4 Å². The summed E-state index contributed by atoms with van der Waals surface area (Å²) in [5.41, 5.74) is 5.75. The molecule has 10 heteroatoms. The number of ether oxygens (including phenoxy) is 1. The van der Waals surface area contributed by atoms with Crippen molar-refractivity contribution in [3.8, 4) is 17.1 Å². The highest BCUT2D eigenvalue weighted by Gasteiger charge is 2.32. The van der Waals surface area contributed by atoms with E-state index in [4.69, 9.17) is 14.7 Å². The first-order valence-electron chi connectivity index (χ1n) is 16.4. The minimum atomic E-state index is -0.203. The molecule has 0 unspecified atom stereocenters. The van der Waals surface area contributed by atoms with Crippen molar-refractivity contribution in [2.24, 2.45) is 18.9 Å². The highest BCUT2D eigenvalue weighted by molar-refractivity contribution is 6.05. The van der Waals surface area contributed by atoms with Crippen molar-refractivity contribution in [1.29, 1.82) is 0 Å². The molecule has 1 saturated heterocycles. The van der Waals surface area contributed by atoms with Crippen LogP contribution < -0.4 is 15.4 Å². The summed E-state index contributed by atoms with van der Waals surface area (Å²) in [6.45, 7) is 8.99. The Hall–Kier alpha value is -3.92. The standard InChI is InChI=1S/C34H44N8O2/c1-22-16-26-17-29(37-22)28-19-35-40(3)33(28)44-15-7-8-25(24-9-10-24)21-42-31-12-11-27(18-30(31)38-34(42)39-32(26)43)36-23(2)20-41-13-5-4-6-14-41/h11-12,16-19,23-25,36H,4-10,13-15,20-21H2,1-3H3,(H,38,39,43)/t23-,25-/m1/s1. The van der Waals surface area contributed by atoms with Gasteiger partial charge in [0.25, 0.3) is 5.91 Å². The molecular formula is C34H44N8O2. The Morgan fingerprint density at radius 2 is 1.89 bits per heavy atom. The Morgan fingerprint density at radius 1 is 1.05 bits per heavy atom. The Kier molecular flexibility index (Phi) is 8.01. The van der Waals surface area contributed by atoms with E-state index in [0.29, 0.717) is 47.6 Å².